The van der Waals surface area contributed by atoms with Gasteiger partial charge in [-0.3, -0.25) is 9.69 Å². The Morgan fingerprint density at radius 2 is 1.89 bits per heavy atom. The van der Waals surface area contributed by atoms with Gasteiger partial charge in [-0.25, -0.2) is 0 Å². The van der Waals surface area contributed by atoms with Crippen LogP contribution < -0.4 is 5.32 Å². The molecule has 1 amide bonds. The SMILES string of the molecule is CC(C)CCC(=O)NCC(C)N1CCC(C)CC1. The Morgan fingerprint density at radius 1 is 1.28 bits per heavy atom. The quantitative estimate of drug-likeness (QED) is 0.790. The molecule has 0 aromatic carbocycles. The molecule has 1 heterocycles. The third-order valence-electron chi connectivity index (χ3n) is 3.98. The Kier molecular flexibility index (Phi) is 6.69. The predicted molar refractivity (Wildman–Crippen MR) is 76.5 cm³/mol. The van der Waals surface area contributed by atoms with Crippen molar-refractivity contribution in [1.82, 2.24) is 10.2 Å². The minimum atomic E-state index is 0.209. The zero-order valence-corrected chi connectivity index (χ0v) is 12.5. The van der Waals surface area contributed by atoms with Crippen LogP contribution in [0.2, 0.25) is 0 Å². The molecule has 0 radical (unpaired) electrons. The molecule has 106 valence electrons. The van der Waals surface area contributed by atoms with Gasteiger partial charge >= 0.3 is 0 Å². The lowest BCUT2D eigenvalue weighted by Crippen LogP contribution is -2.45. The maximum Gasteiger partial charge on any atom is 0.220 e. The molecule has 1 aliphatic heterocycles. The van der Waals surface area contributed by atoms with Gasteiger partial charge in [0.15, 0.2) is 0 Å². The summed E-state index contributed by atoms with van der Waals surface area (Å²) < 4.78 is 0. The van der Waals surface area contributed by atoms with Crippen molar-refractivity contribution in [1.29, 1.82) is 0 Å². The molecule has 1 rings (SSSR count). The summed E-state index contributed by atoms with van der Waals surface area (Å²) in [6, 6.07) is 0.473. The minimum Gasteiger partial charge on any atom is -0.355 e. The summed E-state index contributed by atoms with van der Waals surface area (Å²) in [5.41, 5.74) is 0. The van der Waals surface area contributed by atoms with Crippen molar-refractivity contribution in [3.63, 3.8) is 0 Å². The maximum absolute atomic E-state index is 11.7. The zero-order valence-electron chi connectivity index (χ0n) is 12.5. The van der Waals surface area contributed by atoms with Crippen LogP contribution in [0, 0.1) is 11.8 Å². The summed E-state index contributed by atoms with van der Waals surface area (Å²) in [6.45, 7) is 12.0. The van der Waals surface area contributed by atoms with Gasteiger partial charge in [0.2, 0.25) is 5.91 Å². The third-order valence-corrected chi connectivity index (χ3v) is 3.98. The van der Waals surface area contributed by atoms with E-state index >= 15 is 0 Å². The molecule has 0 spiro atoms. The normalized spacial score (nSPS) is 20.1. The summed E-state index contributed by atoms with van der Waals surface area (Å²) in [4.78, 5) is 14.2. The standard InChI is InChI=1S/C15H30N2O/c1-12(2)5-6-15(18)16-11-14(4)17-9-7-13(3)8-10-17/h12-14H,5-11H2,1-4H3,(H,16,18). The van der Waals surface area contributed by atoms with Crippen LogP contribution in [0.1, 0.15) is 53.4 Å². The van der Waals surface area contributed by atoms with Crippen LogP contribution in [-0.2, 0) is 4.79 Å². The fourth-order valence-electron chi connectivity index (χ4n) is 2.37. The van der Waals surface area contributed by atoms with E-state index in [1.807, 2.05) is 0 Å². The lowest BCUT2D eigenvalue weighted by atomic mass is 9.98. The summed E-state index contributed by atoms with van der Waals surface area (Å²) >= 11 is 0. The fraction of sp³-hybridized carbons (Fsp3) is 0.933. The number of nitrogens with one attached hydrogen (secondary N) is 1. The number of rotatable bonds is 6. The largest absolute Gasteiger partial charge is 0.355 e. The zero-order chi connectivity index (χ0) is 13.5. The van der Waals surface area contributed by atoms with Crippen LogP contribution in [0.4, 0.5) is 0 Å². The fourth-order valence-corrected chi connectivity index (χ4v) is 2.37. The number of carbonyl (C=O) groups is 1. The third kappa shape index (κ3) is 5.85. The summed E-state index contributed by atoms with van der Waals surface area (Å²) in [5.74, 6) is 1.69. The molecular weight excluding hydrogens is 224 g/mol. The van der Waals surface area contributed by atoms with Crippen LogP contribution in [-0.4, -0.2) is 36.5 Å². The Hall–Kier alpha value is -0.570. The first-order valence-electron chi connectivity index (χ1n) is 7.49. The Morgan fingerprint density at radius 3 is 2.44 bits per heavy atom. The van der Waals surface area contributed by atoms with Crippen LogP contribution in [0.3, 0.4) is 0 Å². The molecule has 3 heteroatoms. The van der Waals surface area contributed by atoms with E-state index < -0.39 is 0 Å². The topological polar surface area (TPSA) is 32.3 Å². The van der Waals surface area contributed by atoms with E-state index in [-0.39, 0.29) is 5.91 Å². The van der Waals surface area contributed by atoms with Crippen LogP contribution >= 0.6 is 0 Å². The Labute approximate surface area is 112 Å². The molecule has 0 bridgehead atoms. The Balaban J connectivity index is 2.16. The Bertz CT molecular complexity index is 245. The molecule has 1 unspecified atom stereocenters. The van der Waals surface area contributed by atoms with Gasteiger partial charge in [-0.05, 0) is 51.1 Å². The average Bonchev–Trinajstić information content (AvgIpc) is 2.34. The van der Waals surface area contributed by atoms with E-state index in [0.29, 0.717) is 18.4 Å². The highest BCUT2D eigenvalue weighted by molar-refractivity contribution is 5.75. The molecule has 0 saturated carbocycles. The second-order valence-corrected chi connectivity index (χ2v) is 6.30. The van der Waals surface area contributed by atoms with Crippen molar-refractivity contribution in [2.24, 2.45) is 11.8 Å². The lowest BCUT2D eigenvalue weighted by Gasteiger charge is -2.35. The van der Waals surface area contributed by atoms with Gasteiger partial charge in [0.25, 0.3) is 0 Å². The molecule has 0 aromatic heterocycles. The predicted octanol–water partition coefficient (Wildman–Crippen LogP) is 2.66. The van der Waals surface area contributed by atoms with Gasteiger partial charge in [-0.2, -0.15) is 0 Å². The van der Waals surface area contributed by atoms with Crippen LogP contribution in [0.15, 0.2) is 0 Å². The van der Waals surface area contributed by atoms with Gasteiger partial charge in [0, 0.05) is 19.0 Å². The molecule has 1 aliphatic rings. The second-order valence-electron chi connectivity index (χ2n) is 6.30. The highest BCUT2D eigenvalue weighted by atomic mass is 16.1. The summed E-state index contributed by atoms with van der Waals surface area (Å²) in [5, 5.41) is 3.07. The highest BCUT2D eigenvalue weighted by Crippen LogP contribution is 2.17. The first-order chi connectivity index (χ1) is 8.49. The van der Waals surface area contributed by atoms with Crippen molar-refractivity contribution in [2.45, 2.75) is 59.4 Å². The van der Waals surface area contributed by atoms with Crippen molar-refractivity contribution in [2.75, 3.05) is 19.6 Å². The molecule has 18 heavy (non-hydrogen) atoms. The van der Waals surface area contributed by atoms with Crippen molar-refractivity contribution in [3.8, 4) is 0 Å². The number of hydrogen-bond acceptors (Lipinski definition) is 2. The van der Waals surface area contributed by atoms with Gasteiger partial charge in [-0.1, -0.05) is 20.8 Å². The van der Waals surface area contributed by atoms with E-state index in [0.717, 1.165) is 18.9 Å². The molecule has 3 nitrogen and oxygen atoms in total. The van der Waals surface area contributed by atoms with Gasteiger partial charge in [0.05, 0.1) is 0 Å². The van der Waals surface area contributed by atoms with E-state index in [1.54, 1.807) is 0 Å². The van der Waals surface area contributed by atoms with E-state index in [2.05, 4.69) is 37.9 Å². The number of carbonyl (C=O) groups excluding carboxylic acids is 1. The van der Waals surface area contributed by atoms with Gasteiger partial charge in [0.1, 0.15) is 0 Å². The molecule has 0 aliphatic carbocycles. The molecule has 1 fully saturated rings. The highest BCUT2D eigenvalue weighted by Gasteiger charge is 2.20. The van der Waals surface area contributed by atoms with E-state index in [9.17, 15) is 4.79 Å². The molecular formula is C15H30N2O. The summed E-state index contributed by atoms with van der Waals surface area (Å²) in [7, 11) is 0. The first kappa shape index (κ1) is 15.5. The van der Waals surface area contributed by atoms with Gasteiger partial charge in [-0.15, -0.1) is 0 Å². The second kappa shape index (κ2) is 7.78. The van der Waals surface area contributed by atoms with E-state index in [4.69, 9.17) is 0 Å². The monoisotopic (exact) mass is 254 g/mol. The van der Waals surface area contributed by atoms with Crippen molar-refractivity contribution < 1.29 is 4.79 Å². The van der Waals surface area contributed by atoms with E-state index in [1.165, 1.54) is 25.9 Å². The average molecular weight is 254 g/mol. The lowest BCUT2D eigenvalue weighted by molar-refractivity contribution is -0.121. The summed E-state index contributed by atoms with van der Waals surface area (Å²) in [6.07, 6.45) is 4.25. The number of hydrogen-bond donors (Lipinski definition) is 1. The molecule has 1 atom stereocenters. The maximum atomic E-state index is 11.7. The molecule has 1 saturated heterocycles. The number of amides is 1. The smallest absolute Gasteiger partial charge is 0.220 e. The van der Waals surface area contributed by atoms with Gasteiger partial charge < -0.3 is 5.32 Å². The molecule has 1 N–H and O–H groups in total. The van der Waals surface area contributed by atoms with Crippen molar-refractivity contribution >= 4 is 5.91 Å². The number of piperidine rings is 1. The minimum absolute atomic E-state index is 0.209. The number of likely N-dealkylation sites (tertiary alicyclic amines) is 1. The van der Waals surface area contributed by atoms with Crippen molar-refractivity contribution in [3.05, 3.63) is 0 Å². The number of nitrogens with zero attached hydrogens (tertiary/aromatic N) is 1. The first-order valence-corrected chi connectivity index (χ1v) is 7.49. The molecule has 0 aromatic rings. The van der Waals surface area contributed by atoms with Crippen LogP contribution in [0.25, 0.3) is 0 Å². The van der Waals surface area contributed by atoms with Crippen LogP contribution in [0.5, 0.6) is 0 Å².